The number of hydrogen-bond donors (Lipinski definition) is 2. The molecule has 9 heteroatoms. The minimum Gasteiger partial charge on any atom is -0.494 e. The summed E-state index contributed by atoms with van der Waals surface area (Å²) in [5.74, 6) is -0.322. The average Bonchev–Trinajstić information content (AvgIpc) is 2.89. The number of carbonyl (C=O) groups excluding carboxylic acids is 1. The summed E-state index contributed by atoms with van der Waals surface area (Å²) < 4.78 is 33.7. The SMILES string of the molecule is COc1c(Br)cc(C(=O)NC2CCOC2)cc1S(N)(=O)=O. The van der Waals surface area contributed by atoms with Gasteiger partial charge in [-0.1, -0.05) is 0 Å². The molecular weight excluding hydrogens is 364 g/mol. The first-order chi connectivity index (χ1) is 9.82. The number of ether oxygens (including phenoxy) is 2. The highest BCUT2D eigenvalue weighted by Gasteiger charge is 2.23. The third-order valence-corrected chi connectivity index (χ3v) is 4.55. The van der Waals surface area contributed by atoms with E-state index in [2.05, 4.69) is 21.2 Å². The lowest BCUT2D eigenvalue weighted by molar-refractivity contribution is 0.0929. The van der Waals surface area contributed by atoms with Crippen molar-refractivity contribution < 1.29 is 22.7 Å². The van der Waals surface area contributed by atoms with Gasteiger partial charge in [0.15, 0.2) is 5.75 Å². The maximum absolute atomic E-state index is 12.2. The van der Waals surface area contributed by atoms with Crippen LogP contribution in [0.25, 0.3) is 0 Å². The number of hydrogen-bond acceptors (Lipinski definition) is 5. The Balaban J connectivity index is 2.36. The number of carbonyl (C=O) groups is 1. The van der Waals surface area contributed by atoms with Gasteiger partial charge in [-0.15, -0.1) is 0 Å². The molecule has 0 radical (unpaired) electrons. The Labute approximate surface area is 131 Å². The molecule has 21 heavy (non-hydrogen) atoms. The van der Waals surface area contributed by atoms with E-state index < -0.39 is 15.9 Å². The van der Waals surface area contributed by atoms with Crippen molar-refractivity contribution in [3.05, 3.63) is 22.2 Å². The van der Waals surface area contributed by atoms with Crippen LogP contribution in [0.15, 0.2) is 21.5 Å². The summed E-state index contributed by atoms with van der Waals surface area (Å²) in [4.78, 5) is 11.9. The smallest absolute Gasteiger partial charge is 0.251 e. The van der Waals surface area contributed by atoms with Gasteiger partial charge in [-0.05, 0) is 34.5 Å². The number of nitrogens with two attached hydrogens (primary N) is 1. The van der Waals surface area contributed by atoms with Gasteiger partial charge >= 0.3 is 0 Å². The Hall–Kier alpha value is -1.16. The summed E-state index contributed by atoms with van der Waals surface area (Å²) in [7, 11) is -2.69. The second-order valence-electron chi connectivity index (χ2n) is 4.57. The molecule has 1 atom stereocenters. The summed E-state index contributed by atoms with van der Waals surface area (Å²) in [6, 6.07) is 2.61. The lowest BCUT2D eigenvalue weighted by atomic mass is 10.1. The van der Waals surface area contributed by atoms with E-state index in [0.717, 1.165) is 6.42 Å². The molecule has 0 saturated carbocycles. The molecule has 0 aliphatic carbocycles. The molecule has 1 aromatic carbocycles. The average molecular weight is 379 g/mol. The number of sulfonamides is 1. The van der Waals surface area contributed by atoms with Crippen molar-refractivity contribution in [2.45, 2.75) is 17.4 Å². The van der Waals surface area contributed by atoms with Gasteiger partial charge < -0.3 is 14.8 Å². The van der Waals surface area contributed by atoms with Crippen LogP contribution in [0.3, 0.4) is 0 Å². The van der Waals surface area contributed by atoms with E-state index in [1.165, 1.54) is 19.2 Å². The van der Waals surface area contributed by atoms with E-state index in [9.17, 15) is 13.2 Å². The molecule has 0 bridgehead atoms. The van der Waals surface area contributed by atoms with Crippen LogP contribution < -0.4 is 15.2 Å². The van der Waals surface area contributed by atoms with Gasteiger partial charge in [-0.25, -0.2) is 13.6 Å². The van der Waals surface area contributed by atoms with Crippen molar-refractivity contribution in [3.63, 3.8) is 0 Å². The van der Waals surface area contributed by atoms with Crippen LogP contribution >= 0.6 is 15.9 Å². The van der Waals surface area contributed by atoms with Crippen molar-refractivity contribution in [2.75, 3.05) is 20.3 Å². The highest BCUT2D eigenvalue weighted by atomic mass is 79.9. The Kier molecular flexibility index (Phi) is 4.87. The summed E-state index contributed by atoms with van der Waals surface area (Å²) in [6.45, 7) is 1.05. The second-order valence-corrected chi connectivity index (χ2v) is 6.95. The summed E-state index contributed by atoms with van der Waals surface area (Å²) in [5.41, 5.74) is 0.179. The fourth-order valence-corrected chi connectivity index (χ4v) is 3.52. The highest BCUT2D eigenvalue weighted by molar-refractivity contribution is 9.10. The third kappa shape index (κ3) is 3.73. The van der Waals surface area contributed by atoms with Crippen molar-refractivity contribution >= 4 is 31.9 Å². The summed E-state index contributed by atoms with van der Waals surface area (Å²) in [5, 5.41) is 7.93. The van der Waals surface area contributed by atoms with E-state index in [0.29, 0.717) is 17.7 Å². The Morgan fingerprint density at radius 1 is 1.52 bits per heavy atom. The number of benzene rings is 1. The molecule has 1 saturated heterocycles. The van der Waals surface area contributed by atoms with E-state index in [-0.39, 0.29) is 22.3 Å². The normalized spacial score (nSPS) is 18.5. The Morgan fingerprint density at radius 2 is 2.24 bits per heavy atom. The molecule has 1 unspecified atom stereocenters. The maximum Gasteiger partial charge on any atom is 0.251 e. The number of nitrogens with one attached hydrogen (secondary N) is 1. The lowest BCUT2D eigenvalue weighted by Crippen LogP contribution is -2.35. The lowest BCUT2D eigenvalue weighted by Gasteiger charge is -2.14. The summed E-state index contributed by atoms with van der Waals surface area (Å²) in [6.07, 6.45) is 0.727. The number of methoxy groups -OCH3 is 1. The number of primary sulfonamides is 1. The standard InChI is InChI=1S/C12H15BrN2O5S/c1-19-11-9(13)4-7(5-10(11)21(14,17)18)12(16)15-8-2-3-20-6-8/h4-5,8H,2-3,6H2,1H3,(H,15,16)(H2,14,17,18). The highest BCUT2D eigenvalue weighted by Crippen LogP contribution is 2.33. The van der Waals surface area contributed by atoms with Gasteiger partial charge in [0.2, 0.25) is 10.0 Å². The second kappa shape index (κ2) is 6.30. The number of halogens is 1. The molecule has 1 heterocycles. The molecule has 7 nitrogen and oxygen atoms in total. The zero-order valence-electron chi connectivity index (χ0n) is 11.3. The van der Waals surface area contributed by atoms with Crippen LogP contribution in [0, 0.1) is 0 Å². The predicted octanol–water partition coefficient (Wildman–Crippen LogP) is 0.624. The largest absolute Gasteiger partial charge is 0.494 e. The number of amides is 1. The number of rotatable bonds is 4. The van der Waals surface area contributed by atoms with Crippen LogP contribution in [0.2, 0.25) is 0 Å². The monoisotopic (exact) mass is 378 g/mol. The minimum atomic E-state index is -4.01. The molecule has 0 spiro atoms. The van der Waals surface area contributed by atoms with Gasteiger partial charge in [0.1, 0.15) is 4.90 Å². The third-order valence-electron chi connectivity index (χ3n) is 3.05. The van der Waals surface area contributed by atoms with E-state index in [1.54, 1.807) is 0 Å². The van der Waals surface area contributed by atoms with Crippen LogP contribution in [-0.4, -0.2) is 40.7 Å². The molecule has 1 aliphatic rings. The summed E-state index contributed by atoms with van der Waals surface area (Å²) >= 11 is 3.18. The Morgan fingerprint density at radius 3 is 2.76 bits per heavy atom. The van der Waals surface area contributed by atoms with Crippen molar-refractivity contribution in [3.8, 4) is 5.75 Å². The first-order valence-electron chi connectivity index (χ1n) is 6.12. The molecule has 3 N–H and O–H groups in total. The van der Waals surface area contributed by atoms with E-state index in [1.807, 2.05) is 0 Å². The maximum atomic E-state index is 12.2. The molecule has 1 aromatic rings. The zero-order valence-corrected chi connectivity index (χ0v) is 13.7. The minimum absolute atomic E-state index is 0.0678. The Bertz CT molecular complexity index is 656. The van der Waals surface area contributed by atoms with Gasteiger partial charge in [-0.3, -0.25) is 4.79 Å². The molecule has 1 amide bonds. The molecule has 2 rings (SSSR count). The first-order valence-corrected chi connectivity index (χ1v) is 8.46. The topological polar surface area (TPSA) is 108 Å². The fourth-order valence-electron chi connectivity index (χ4n) is 2.03. The van der Waals surface area contributed by atoms with Crippen molar-refractivity contribution in [1.82, 2.24) is 5.32 Å². The van der Waals surface area contributed by atoms with Crippen LogP contribution in [-0.2, 0) is 14.8 Å². The van der Waals surface area contributed by atoms with Gasteiger partial charge in [-0.2, -0.15) is 0 Å². The zero-order chi connectivity index (χ0) is 15.6. The molecular formula is C12H15BrN2O5S. The van der Waals surface area contributed by atoms with Crippen LogP contribution in [0.4, 0.5) is 0 Å². The molecule has 0 aromatic heterocycles. The van der Waals surface area contributed by atoms with Crippen LogP contribution in [0.1, 0.15) is 16.8 Å². The molecule has 116 valence electrons. The molecule has 1 aliphatic heterocycles. The van der Waals surface area contributed by atoms with Crippen molar-refractivity contribution in [2.24, 2.45) is 5.14 Å². The van der Waals surface area contributed by atoms with Gasteiger partial charge in [0, 0.05) is 12.2 Å². The van der Waals surface area contributed by atoms with Crippen LogP contribution in [0.5, 0.6) is 5.75 Å². The predicted molar refractivity (Wildman–Crippen MR) is 78.8 cm³/mol. The van der Waals surface area contributed by atoms with Gasteiger partial charge in [0.25, 0.3) is 5.91 Å². The van der Waals surface area contributed by atoms with E-state index in [4.69, 9.17) is 14.6 Å². The van der Waals surface area contributed by atoms with E-state index >= 15 is 0 Å². The first kappa shape index (κ1) is 16.2. The molecule has 1 fully saturated rings. The van der Waals surface area contributed by atoms with Crippen molar-refractivity contribution in [1.29, 1.82) is 0 Å². The van der Waals surface area contributed by atoms with Gasteiger partial charge in [0.05, 0.1) is 24.2 Å². The fraction of sp³-hybridized carbons (Fsp3) is 0.417. The quantitative estimate of drug-likeness (QED) is 0.798.